The molecule has 0 saturated carbocycles. The lowest BCUT2D eigenvalue weighted by molar-refractivity contribution is -0.280. The lowest BCUT2D eigenvalue weighted by Gasteiger charge is -2.39. The second-order valence-corrected chi connectivity index (χ2v) is 8.77. The van der Waals surface area contributed by atoms with Gasteiger partial charge >= 0.3 is 23.5 Å². The second kappa shape index (κ2) is 7.84. The van der Waals surface area contributed by atoms with Gasteiger partial charge in [-0.3, -0.25) is 4.52 Å². The average molecular weight is 420 g/mol. The van der Waals surface area contributed by atoms with Crippen LogP contribution in [0.1, 0.15) is 0 Å². The van der Waals surface area contributed by atoms with Crippen LogP contribution in [-0.2, 0) is 31.6 Å². The standard InChI is InChI=1S/C6H15O15P3/c7-1-2-3(8)4(9)5(10)6(18-2)19-23(14,15)21-24(16,17)20-22(11,12)13/h2-10H,1H2,(H,14,15)(H,16,17)(H2,11,12,13)/t2-,3-,4+,5-,6+/m1/s1. The zero-order valence-electron chi connectivity index (χ0n) is 11.4. The third-order valence-corrected chi connectivity index (χ3v) is 6.30. The highest BCUT2D eigenvalue weighted by molar-refractivity contribution is 7.66. The maximum atomic E-state index is 11.6. The molecule has 0 amide bonds. The van der Waals surface area contributed by atoms with Crippen molar-refractivity contribution in [1.82, 2.24) is 0 Å². The Labute approximate surface area is 133 Å². The molecule has 7 atom stereocenters. The molecule has 0 aliphatic carbocycles. The number of hydrogen-bond donors (Lipinski definition) is 8. The fourth-order valence-corrected chi connectivity index (χ4v) is 4.68. The molecule has 0 aromatic carbocycles. The number of ether oxygens (including phenoxy) is 1. The lowest BCUT2D eigenvalue weighted by Crippen LogP contribution is -2.58. The summed E-state index contributed by atoms with van der Waals surface area (Å²) in [5.41, 5.74) is 0. The van der Waals surface area contributed by atoms with Gasteiger partial charge in [-0.05, 0) is 0 Å². The molecule has 1 fully saturated rings. The van der Waals surface area contributed by atoms with E-state index < -0.39 is 60.8 Å². The highest BCUT2D eigenvalue weighted by Crippen LogP contribution is 2.66. The van der Waals surface area contributed by atoms with E-state index in [2.05, 4.69) is 17.9 Å². The van der Waals surface area contributed by atoms with Crippen LogP contribution in [0.5, 0.6) is 0 Å². The molecule has 24 heavy (non-hydrogen) atoms. The smallest absolute Gasteiger partial charge is 0.394 e. The van der Waals surface area contributed by atoms with Crippen molar-refractivity contribution >= 4 is 23.5 Å². The van der Waals surface area contributed by atoms with Gasteiger partial charge in [0.15, 0.2) is 6.29 Å². The van der Waals surface area contributed by atoms with Crippen molar-refractivity contribution in [2.45, 2.75) is 30.7 Å². The molecule has 8 N–H and O–H groups in total. The SMILES string of the molecule is O=P(O)(O)OP(=O)(O)OP(=O)(O)O[C@@H]1O[C@H](CO)[C@@H](O)[C@H](O)[C@H]1O. The molecular formula is C6H15O15P3. The molecule has 1 aliphatic heterocycles. The summed E-state index contributed by atoms with van der Waals surface area (Å²) in [6.45, 7) is -0.902. The molecule has 0 radical (unpaired) electrons. The number of aliphatic hydroxyl groups excluding tert-OH is 4. The van der Waals surface area contributed by atoms with Gasteiger partial charge < -0.3 is 44.7 Å². The van der Waals surface area contributed by atoms with Crippen LogP contribution < -0.4 is 0 Å². The van der Waals surface area contributed by atoms with Crippen LogP contribution in [0.4, 0.5) is 0 Å². The fraction of sp³-hybridized carbons (Fsp3) is 1.00. The van der Waals surface area contributed by atoms with E-state index >= 15 is 0 Å². The minimum absolute atomic E-state index is 0.902. The Bertz CT molecular complexity index is 570. The Morgan fingerprint density at radius 2 is 1.38 bits per heavy atom. The van der Waals surface area contributed by atoms with E-state index in [0.29, 0.717) is 0 Å². The zero-order valence-corrected chi connectivity index (χ0v) is 14.1. The van der Waals surface area contributed by atoms with Crippen LogP contribution in [0.25, 0.3) is 0 Å². The Balaban J connectivity index is 2.84. The van der Waals surface area contributed by atoms with Crippen LogP contribution in [0.2, 0.25) is 0 Å². The second-order valence-electron chi connectivity index (χ2n) is 4.39. The maximum absolute atomic E-state index is 11.6. The van der Waals surface area contributed by atoms with Crippen molar-refractivity contribution in [3.8, 4) is 0 Å². The molecule has 0 bridgehead atoms. The van der Waals surface area contributed by atoms with Crippen molar-refractivity contribution < 1.29 is 71.6 Å². The number of phosphoric acid groups is 3. The minimum atomic E-state index is -5.77. The largest absolute Gasteiger partial charge is 0.490 e. The predicted octanol–water partition coefficient (Wildman–Crippen LogP) is -2.87. The summed E-state index contributed by atoms with van der Waals surface area (Å²) >= 11 is 0. The first-order valence-electron chi connectivity index (χ1n) is 5.80. The summed E-state index contributed by atoms with van der Waals surface area (Å²) in [4.78, 5) is 34.9. The van der Waals surface area contributed by atoms with E-state index in [1.807, 2.05) is 0 Å². The van der Waals surface area contributed by atoms with Crippen LogP contribution >= 0.6 is 23.5 Å². The monoisotopic (exact) mass is 420 g/mol. The molecule has 0 aromatic rings. The van der Waals surface area contributed by atoms with Crippen molar-refractivity contribution in [3.05, 3.63) is 0 Å². The molecule has 1 saturated heterocycles. The van der Waals surface area contributed by atoms with E-state index in [1.54, 1.807) is 0 Å². The van der Waals surface area contributed by atoms with Crippen LogP contribution in [0, 0.1) is 0 Å². The van der Waals surface area contributed by atoms with Gasteiger partial charge in [-0.15, -0.1) is 0 Å². The minimum Gasteiger partial charge on any atom is -0.394 e. The summed E-state index contributed by atoms with van der Waals surface area (Å²) in [5.74, 6) is 0. The number of rotatable bonds is 7. The quantitative estimate of drug-likeness (QED) is 0.193. The molecule has 1 heterocycles. The van der Waals surface area contributed by atoms with Gasteiger partial charge in [0.05, 0.1) is 6.61 Å². The Kier molecular flexibility index (Phi) is 7.27. The molecule has 2 unspecified atom stereocenters. The van der Waals surface area contributed by atoms with Gasteiger partial charge in [0.1, 0.15) is 24.4 Å². The van der Waals surface area contributed by atoms with Crippen molar-refractivity contribution in [3.63, 3.8) is 0 Å². The summed E-state index contributed by atoms with van der Waals surface area (Å²) in [6, 6.07) is 0. The lowest BCUT2D eigenvalue weighted by atomic mass is 10.00. The first-order chi connectivity index (χ1) is 10.7. The summed E-state index contributed by atoms with van der Waals surface area (Å²) < 4.78 is 48.8. The van der Waals surface area contributed by atoms with Gasteiger partial charge in [-0.1, -0.05) is 0 Å². The fourth-order valence-electron chi connectivity index (χ4n) is 1.58. The predicted molar refractivity (Wildman–Crippen MR) is 68.7 cm³/mol. The van der Waals surface area contributed by atoms with Crippen LogP contribution in [0.3, 0.4) is 0 Å². The average Bonchev–Trinajstić information content (AvgIpc) is 2.34. The molecular weight excluding hydrogens is 405 g/mol. The number of aliphatic hydroxyl groups is 4. The highest BCUT2D eigenvalue weighted by atomic mass is 31.3. The number of phosphoric ester groups is 1. The van der Waals surface area contributed by atoms with E-state index in [4.69, 9.17) is 19.8 Å². The van der Waals surface area contributed by atoms with Crippen molar-refractivity contribution in [2.24, 2.45) is 0 Å². The Hall–Kier alpha value is 0.210. The van der Waals surface area contributed by atoms with Crippen LogP contribution in [-0.4, -0.2) is 77.3 Å². The van der Waals surface area contributed by atoms with Gasteiger partial charge in [0.2, 0.25) is 0 Å². The van der Waals surface area contributed by atoms with E-state index in [9.17, 15) is 33.9 Å². The molecule has 0 spiro atoms. The normalized spacial score (nSPS) is 36.8. The molecule has 18 heteroatoms. The highest BCUT2D eigenvalue weighted by Gasteiger charge is 2.49. The third-order valence-electron chi connectivity index (χ3n) is 2.50. The van der Waals surface area contributed by atoms with Gasteiger partial charge in [0.25, 0.3) is 0 Å². The molecule has 1 aliphatic rings. The Morgan fingerprint density at radius 1 is 0.833 bits per heavy atom. The number of hydrogen-bond acceptors (Lipinski definition) is 11. The molecule has 1 rings (SSSR count). The first kappa shape index (κ1) is 22.3. The van der Waals surface area contributed by atoms with Crippen LogP contribution in [0.15, 0.2) is 0 Å². The van der Waals surface area contributed by atoms with Crippen molar-refractivity contribution in [2.75, 3.05) is 6.61 Å². The third kappa shape index (κ3) is 6.50. The maximum Gasteiger partial charge on any atom is 0.490 e. The van der Waals surface area contributed by atoms with E-state index in [1.165, 1.54) is 0 Å². The summed E-state index contributed by atoms with van der Waals surface area (Å²) in [5, 5.41) is 37.4. The first-order valence-corrected chi connectivity index (χ1v) is 10.3. The topological polar surface area (TPSA) is 250 Å². The molecule has 0 aromatic heterocycles. The molecule has 144 valence electrons. The Morgan fingerprint density at radius 3 is 1.83 bits per heavy atom. The summed E-state index contributed by atoms with van der Waals surface area (Å²) in [6.07, 6.45) is -9.70. The van der Waals surface area contributed by atoms with E-state index in [-0.39, 0.29) is 0 Å². The zero-order chi connectivity index (χ0) is 18.9. The van der Waals surface area contributed by atoms with Gasteiger partial charge in [-0.2, -0.15) is 8.62 Å². The van der Waals surface area contributed by atoms with E-state index in [0.717, 1.165) is 0 Å². The van der Waals surface area contributed by atoms with Crippen molar-refractivity contribution in [1.29, 1.82) is 0 Å². The van der Waals surface area contributed by atoms with Gasteiger partial charge in [0, 0.05) is 0 Å². The van der Waals surface area contributed by atoms with Gasteiger partial charge in [-0.25, -0.2) is 13.7 Å². The summed E-state index contributed by atoms with van der Waals surface area (Å²) in [7, 11) is -17.0. The molecule has 15 nitrogen and oxygen atoms in total.